The van der Waals surface area contributed by atoms with E-state index in [0.717, 1.165) is 0 Å². The lowest BCUT2D eigenvalue weighted by Crippen LogP contribution is -2.20. The molecule has 4 aromatic rings. The molecule has 0 saturated heterocycles. The Balaban J connectivity index is 1.72. The molecule has 0 radical (unpaired) electrons. The number of methoxy groups -OCH3 is 1. The van der Waals surface area contributed by atoms with E-state index in [2.05, 4.69) is 5.32 Å². The van der Waals surface area contributed by atoms with Gasteiger partial charge in [0.2, 0.25) is 9.84 Å². The number of rotatable bonds is 5. The zero-order valence-corrected chi connectivity index (χ0v) is 17.2. The molecule has 0 unspecified atom stereocenters. The van der Waals surface area contributed by atoms with Gasteiger partial charge in [-0.2, -0.15) is 0 Å². The third-order valence-corrected chi connectivity index (χ3v) is 6.37. The molecule has 1 N–H and O–H groups in total. The van der Waals surface area contributed by atoms with E-state index < -0.39 is 21.4 Å². The summed E-state index contributed by atoms with van der Waals surface area (Å²) in [5.41, 5.74) is -0.474. The third-order valence-electron chi connectivity index (χ3n) is 4.62. The predicted octanol–water partition coefficient (Wildman–Crippen LogP) is 3.89. The minimum atomic E-state index is -3.84. The molecule has 1 heterocycles. The van der Waals surface area contributed by atoms with Crippen molar-refractivity contribution in [2.75, 3.05) is 12.4 Å². The normalized spacial score (nSPS) is 11.3. The predicted molar refractivity (Wildman–Crippen MR) is 115 cm³/mol. The maximum absolute atomic E-state index is 13.0. The Kier molecular flexibility index (Phi) is 5.31. The molecule has 0 aliphatic carbocycles. The van der Waals surface area contributed by atoms with Crippen molar-refractivity contribution in [2.45, 2.75) is 9.79 Å². The number of amides is 1. The second-order valence-electron chi connectivity index (χ2n) is 6.65. The molecule has 1 amide bonds. The molecule has 7 nitrogen and oxygen atoms in total. The fourth-order valence-corrected chi connectivity index (χ4v) is 4.41. The quantitative estimate of drug-likeness (QED) is 0.477. The Labute approximate surface area is 177 Å². The van der Waals surface area contributed by atoms with E-state index in [1.165, 1.54) is 43.5 Å². The van der Waals surface area contributed by atoms with Crippen LogP contribution in [0.4, 0.5) is 5.69 Å². The van der Waals surface area contributed by atoms with Gasteiger partial charge < -0.3 is 14.5 Å². The van der Waals surface area contributed by atoms with Crippen molar-refractivity contribution in [2.24, 2.45) is 0 Å². The lowest BCUT2D eigenvalue weighted by Gasteiger charge is -2.11. The Bertz CT molecular complexity index is 1440. The van der Waals surface area contributed by atoms with Crippen LogP contribution < -0.4 is 15.7 Å². The van der Waals surface area contributed by atoms with Crippen LogP contribution in [0.5, 0.6) is 5.75 Å². The smallest absolute Gasteiger partial charge is 0.349 e. The number of benzene rings is 3. The standard InChI is InChI=1S/C23H17NO6S/c1-29-17-12-16(13-19(14-17)31(27,28)18-8-3-2-4-9-18)24-22(25)20-11-15-7-5-6-10-21(15)30-23(20)26/h2-14H,1H3,(H,24,25). The largest absolute Gasteiger partial charge is 0.497 e. The van der Waals surface area contributed by atoms with Gasteiger partial charge in [-0.25, -0.2) is 13.2 Å². The summed E-state index contributed by atoms with van der Waals surface area (Å²) in [4.78, 5) is 25.0. The van der Waals surface area contributed by atoms with Crippen molar-refractivity contribution in [1.82, 2.24) is 0 Å². The first-order chi connectivity index (χ1) is 14.9. The number of ether oxygens (including phenoxy) is 1. The van der Waals surface area contributed by atoms with Crippen molar-refractivity contribution >= 4 is 32.4 Å². The van der Waals surface area contributed by atoms with Gasteiger partial charge in [0.15, 0.2) is 0 Å². The fourth-order valence-electron chi connectivity index (χ4n) is 3.07. The Hall–Kier alpha value is -3.91. The van der Waals surface area contributed by atoms with Crippen LogP contribution >= 0.6 is 0 Å². The highest BCUT2D eigenvalue weighted by molar-refractivity contribution is 7.91. The molecule has 31 heavy (non-hydrogen) atoms. The first-order valence-corrected chi connectivity index (χ1v) is 10.7. The molecule has 8 heteroatoms. The van der Waals surface area contributed by atoms with Gasteiger partial charge in [0.05, 0.1) is 16.9 Å². The minimum Gasteiger partial charge on any atom is -0.497 e. The number of para-hydroxylation sites is 1. The molecule has 0 aliphatic heterocycles. The van der Waals surface area contributed by atoms with E-state index in [1.54, 1.807) is 42.5 Å². The van der Waals surface area contributed by atoms with Crippen LogP contribution in [0.2, 0.25) is 0 Å². The van der Waals surface area contributed by atoms with Crippen molar-refractivity contribution in [1.29, 1.82) is 0 Å². The molecular formula is C23H17NO6S. The second-order valence-corrected chi connectivity index (χ2v) is 8.60. The van der Waals surface area contributed by atoms with Crippen molar-refractivity contribution in [3.8, 4) is 5.75 Å². The van der Waals surface area contributed by atoms with Gasteiger partial charge in [0.1, 0.15) is 16.9 Å². The van der Waals surface area contributed by atoms with Gasteiger partial charge in [-0.05, 0) is 36.4 Å². The molecule has 0 fully saturated rings. The summed E-state index contributed by atoms with van der Waals surface area (Å²) in [6.45, 7) is 0. The third kappa shape index (κ3) is 4.06. The number of carbonyl (C=O) groups excluding carboxylic acids is 1. The van der Waals surface area contributed by atoms with Gasteiger partial charge in [-0.1, -0.05) is 36.4 Å². The maximum Gasteiger partial charge on any atom is 0.349 e. The fraction of sp³-hybridized carbons (Fsp3) is 0.0435. The maximum atomic E-state index is 13.0. The number of hydrogen-bond donors (Lipinski definition) is 1. The lowest BCUT2D eigenvalue weighted by molar-refractivity contribution is 0.102. The zero-order valence-electron chi connectivity index (χ0n) is 16.4. The summed E-state index contributed by atoms with van der Waals surface area (Å²) in [5, 5.41) is 3.15. The highest BCUT2D eigenvalue weighted by Crippen LogP contribution is 2.28. The molecule has 0 atom stereocenters. The number of nitrogens with one attached hydrogen (secondary N) is 1. The molecule has 1 aromatic heterocycles. The number of carbonyl (C=O) groups is 1. The summed E-state index contributed by atoms with van der Waals surface area (Å²) in [6.07, 6.45) is 0. The average Bonchev–Trinajstić information content (AvgIpc) is 2.78. The van der Waals surface area contributed by atoms with Crippen LogP contribution in [-0.2, 0) is 9.84 Å². The van der Waals surface area contributed by atoms with Gasteiger partial charge in [-0.15, -0.1) is 0 Å². The van der Waals surface area contributed by atoms with E-state index in [0.29, 0.717) is 11.0 Å². The molecule has 4 rings (SSSR count). The molecule has 0 saturated carbocycles. The molecule has 3 aromatic carbocycles. The highest BCUT2D eigenvalue weighted by Gasteiger charge is 2.21. The molecule has 0 spiro atoms. The lowest BCUT2D eigenvalue weighted by atomic mass is 10.1. The average molecular weight is 435 g/mol. The van der Waals surface area contributed by atoms with Crippen molar-refractivity contribution in [3.05, 3.63) is 94.8 Å². The van der Waals surface area contributed by atoms with Gasteiger partial charge in [-0.3, -0.25) is 4.79 Å². The first kappa shape index (κ1) is 20.4. The number of sulfone groups is 1. The van der Waals surface area contributed by atoms with Crippen LogP contribution in [0.15, 0.2) is 97.9 Å². The number of anilines is 1. The van der Waals surface area contributed by atoms with E-state index >= 15 is 0 Å². The van der Waals surface area contributed by atoms with Gasteiger partial charge in [0.25, 0.3) is 5.91 Å². The summed E-state index contributed by atoms with van der Waals surface area (Å²) < 4.78 is 36.3. The Morgan fingerprint density at radius 2 is 1.61 bits per heavy atom. The molecule has 156 valence electrons. The van der Waals surface area contributed by atoms with E-state index in [4.69, 9.17) is 9.15 Å². The molecule has 0 aliphatic rings. The van der Waals surface area contributed by atoms with Crippen LogP contribution in [0.1, 0.15) is 10.4 Å². The monoisotopic (exact) mass is 435 g/mol. The van der Waals surface area contributed by atoms with E-state index in [-0.39, 0.29) is 26.8 Å². The Morgan fingerprint density at radius 1 is 0.903 bits per heavy atom. The van der Waals surface area contributed by atoms with Gasteiger partial charge >= 0.3 is 5.63 Å². The minimum absolute atomic E-state index is 0.0566. The second kappa shape index (κ2) is 8.08. The summed E-state index contributed by atoms with van der Waals surface area (Å²) in [5.74, 6) is -0.492. The number of fused-ring (bicyclic) bond motifs is 1. The van der Waals surface area contributed by atoms with Crippen LogP contribution in [0.25, 0.3) is 11.0 Å². The SMILES string of the molecule is COc1cc(NC(=O)c2cc3ccccc3oc2=O)cc(S(=O)(=O)c2ccccc2)c1. The number of hydrogen-bond acceptors (Lipinski definition) is 6. The van der Waals surface area contributed by atoms with Crippen LogP contribution in [0.3, 0.4) is 0 Å². The van der Waals surface area contributed by atoms with Crippen molar-refractivity contribution in [3.63, 3.8) is 0 Å². The Morgan fingerprint density at radius 3 is 2.35 bits per heavy atom. The molecular weight excluding hydrogens is 418 g/mol. The summed E-state index contributed by atoms with van der Waals surface area (Å²) >= 11 is 0. The van der Waals surface area contributed by atoms with Crippen LogP contribution in [-0.4, -0.2) is 21.4 Å². The topological polar surface area (TPSA) is 103 Å². The summed E-state index contributed by atoms with van der Waals surface area (Å²) in [7, 11) is -2.46. The van der Waals surface area contributed by atoms with E-state index in [9.17, 15) is 18.0 Å². The zero-order chi connectivity index (χ0) is 22.0. The first-order valence-electron chi connectivity index (χ1n) is 9.22. The molecule has 0 bridgehead atoms. The highest BCUT2D eigenvalue weighted by atomic mass is 32.2. The van der Waals surface area contributed by atoms with Crippen molar-refractivity contribution < 1.29 is 22.4 Å². The summed E-state index contributed by atoms with van der Waals surface area (Å²) in [6, 6.07) is 20.3. The van der Waals surface area contributed by atoms with Gasteiger partial charge in [0, 0.05) is 17.1 Å². The van der Waals surface area contributed by atoms with E-state index in [1.807, 2.05) is 0 Å². The van der Waals surface area contributed by atoms with Crippen LogP contribution in [0, 0.1) is 0 Å².